The molecule has 2 unspecified atom stereocenters. The molecular weight excluding hydrogens is 251 g/mol. The highest BCUT2D eigenvalue weighted by molar-refractivity contribution is 5.66. The van der Waals surface area contributed by atoms with Crippen LogP contribution in [0.15, 0.2) is 12.1 Å². The van der Waals surface area contributed by atoms with Crippen molar-refractivity contribution in [3.8, 4) is 5.75 Å². The molecule has 5 nitrogen and oxygen atoms in total. The summed E-state index contributed by atoms with van der Waals surface area (Å²) in [5.41, 5.74) is -0.312. The number of nitro benzene ring substituents is 1. The maximum Gasteiger partial charge on any atom is 0.327 e. The molecule has 1 aromatic rings. The Morgan fingerprint density at radius 2 is 2.32 bits per heavy atom. The maximum atomic E-state index is 13.7. The smallest absolute Gasteiger partial charge is 0.327 e. The SMILES string of the molecule is CCCC1CC1Nc1cc(OC)cc(F)c1[N+](=O)[O-]. The zero-order valence-corrected chi connectivity index (χ0v) is 11.0. The van der Waals surface area contributed by atoms with Crippen LogP contribution in [0.4, 0.5) is 15.8 Å². The summed E-state index contributed by atoms with van der Waals surface area (Å²) < 4.78 is 18.6. The number of hydrogen-bond acceptors (Lipinski definition) is 4. The molecule has 1 aliphatic carbocycles. The van der Waals surface area contributed by atoms with Gasteiger partial charge in [0.25, 0.3) is 0 Å². The molecule has 1 saturated carbocycles. The van der Waals surface area contributed by atoms with Crippen LogP contribution >= 0.6 is 0 Å². The van der Waals surface area contributed by atoms with Crippen LogP contribution < -0.4 is 10.1 Å². The molecule has 0 spiro atoms. The van der Waals surface area contributed by atoms with Gasteiger partial charge in [0.2, 0.25) is 5.82 Å². The Hall–Kier alpha value is -1.85. The van der Waals surface area contributed by atoms with E-state index in [4.69, 9.17) is 4.74 Å². The van der Waals surface area contributed by atoms with Crippen molar-refractivity contribution in [3.63, 3.8) is 0 Å². The first-order valence-electron chi connectivity index (χ1n) is 6.35. The lowest BCUT2D eigenvalue weighted by molar-refractivity contribution is -0.386. The van der Waals surface area contributed by atoms with Crippen LogP contribution in [-0.4, -0.2) is 18.1 Å². The van der Waals surface area contributed by atoms with E-state index in [2.05, 4.69) is 12.2 Å². The normalized spacial score (nSPS) is 21.0. The molecule has 104 valence electrons. The van der Waals surface area contributed by atoms with Gasteiger partial charge in [0.1, 0.15) is 11.4 Å². The third-order valence-corrected chi connectivity index (χ3v) is 3.38. The summed E-state index contributed by atoms with van der Waals surface area (Å²) in [4.78, 5) is 10.2. The van der Waals surface area contributed by atoms with Gasteiger partial charge in [-0.2, -0.15) is 4.39 Å². The van der Waals surface area contributed by atoms with E-state index in [1.54, 1.807) is 0 Å². The van der Waals surface area contributed by atoms with Crippen molar-refractivity contribution >= 4 is 11.4 Å². The Bertz CT molecular complexity index is 493. The molecule has 0 heterocycles. The first kappa shape index (κ1) is 13.6. The van der Waals surface area contributed by atoms with Crippen molar-refractivity contribution in [2.75, 3.05) is 12.4 Å². The molecular formula is C13H17FN2O3. The van der Waals surface area contributed by atoms with Crippen molar-refractivity contribution in [3.05, 3.63) is 28.1 Å². The Balaban J connectivity index is 2.22. The van der Waals surface area contributed by atoms with Gasteiger partial charge < -0.3 is 10.1 Å². The molecule has 0 saturated heterocycles. The van der Waals surface area contributed by atoms with Crippen molar-refractivity contribution < 1.29 is 14.1 Å². The molecule has 1 aliphatic rings. The fourth-order valence-corrected chi connectivity index (χ4v) is 2.30. The van der Waals surface area contributed by atoms with Crippen LogP contribution in [0.3, 0.4) is 0 Å². The van der Waals surface area contributed by atoms with Crippen LogP contribution in [0.5, 0.6) is 5.75 Å². The van der Waals surface area contributed by atoms with Gasteiger partial charge in [-0.25, -0.2) is 0 Å². The van der Waals surface area contributed by atoms with Gasteiger partial charge in [-0.05, 0) is 18.8 Å². The van der Waals surface area contributed by atoms with E-state index in [1.165, 1.54) is 13.2 Å². The lowest BCUT2D eigenvalue weighted by Gasteiger charge is -2.09. The van der Waals surface area contributed by atoms with Crippen LogP contribution in [0, 0.1) is 21.8 Å². The third-order valence-electron chi connectivity index (χ3n) is 3.38. The lowest BCUT2D eigenvalue weighted by Crippen LogP contribution is -2.08. The van der Waals surface area contributed by atoms with Crippen molar-refractivity contribution in [2.24, 2.45) is 5.92 Å². The molecule has 1 N–H and O–H groups in total. The Morgan fingerprint density at radius 1 is 1.58 bits per heavy atom. The number of methoxy groups -OCH3 is 1. The second-order valence-corrected chi connectivity index (χ2v) is 4.80. The quantitative estimate of drug-likeness (QED) is 0.634. The van der Waals surface area contributed by atoms with Gasteiger partial charge in [-0.3, -0.25) is 10.1 Å². The lowest BCUT2D eigenvalue weighted by atomic mass is 10.2. The second kappa shape index (κ2) is 5.42. The zero-order valence-electron chi connectivity index (χ0n) is 11.0. The van der Waals surface area contributed by atoms with E-state index < -0.39 is 16.4 Å². The van der Waals surface area contributed by atoms with E-state index in [-0.39, 0.29) is 17.5 Å². The van der Waals surface area contributed by atoms with Crippen LogP contribution in [-0.2, 0) is 0 Å². The molecule has 1 aromatic carbocycles. The van der Waals surface area contributed by atoms with Gasteiger partial charge in [-0.1, -0.05) is 13.3 Å². The third kappa shape index (κ3) is 2.94. The molecule has 1 fully saturated rings. The molecule has 0 bridgehead atoms. The molecule has 0 aliphatic heterocycles. The maximum absolute atomic E-state index is 13.7. The number of halogens is 1. The summed E-state index contributed by atoms with van der Waals surface area (Å²) in [5.74, 6) is -0.0725. The highest BCUT2D eigenvalue weighted by Gasteiger charge is 2.37. The van der Waals surface area contributed by atoms with E-state index in [9.17, 15) is 14.5 Å². The molecule has 6 heteroatoms. The average molecular weight is 268 g/mol. The summed E-state index contributed by atoms with van der Waals surface area (Å²) in [6.07, 6.45) is 3.14. The van der Waals surface area contributed by atoms with Crippen molar-refractivity contribution in [1.29, 1.82) is 0 Å². The molecule has 0 radical (unpaired) electrons. The first-order chi connectivity index (χ1) is 9.06. The van der Waals surface area contributed by atoms with Gasteiger partial charge in [0, 0.05) is 18.2 Å². The zero-order chi connectivity index (χ0) is 14.0. The number of nitro groups is 1. The summed E-state index contributed by atoms with van der Waals surface area (Å²) in [7, 11) is 1.40. The molecule has 0 amide bonds. The van der Waals surface area contributed by atoms with Crippen molar-refractivity contribution in [1.82, 2.24) is 0 Å². The first-order valence-corrected chi connectivity index (χ1v) is 6.35. The van der Waals surface area contributed by atoms with E-state index >= 15 is 0 Å². The minimum absolute atomic E-state index is 0.199. The van der Waals surface area contributed by atoms with Crippen LogP contribution in [0.2, 0.25) is 0 Å². The minimum Gasteiger partial charge on any atom is -0.497 e. The molecule has 2 rings (SSSR count). The fourth-order valence-electron chi connectivity index (χ4n) is 2.30. The number of benzene rings is 1. The number of rotatable bonds is 6. The highest BCUT2D eigenvalue weighted by Crippen LogP contribution is 2.41. The van der Waals surface area contributed by atoms with Crippen LogP contribution in [0.25, 0.3) is 0 Å². The van der Waals surface area contributed by atoms with Crippen molar-refractivity contribution in [2.45, 2.75) is 32.2 Å². The predicted octanol–water partition coefficient (Wildman–Crippen LogP) is 3.34. The summed E-state index contributed by atoms with van der Waals surface area (Å²) in [6.45, 7) is 2.10. The molecule has 2 atom stereocenters. The Labute approximate surface area is 110 Å². The number of nitrogens with zero attached hydrogens (tertiary/aromatic N) is 1. The van der Waals surface area contributed by atoms with Gasteiger partial charge >= 0.3 is 5.69 Å². The van der Waals surface area contributed by atoms with Crippen LogP contribution in [0.1, 0.15) is 26.2 Å². The van der Waals surface area contributed by atoms with E-state index in [0.29, 0.717) is 5.92 Å². The minimum atomic E-state index is -0.875. The number of ether oxygens (including phenoxy) is 1. The largest absolute Gasteiger partial charge is 0.497 e. The van der Waals surface area contributed by atoms with Gasteiger partial charge in [0.15, 0.2) is 0 Å². The number of nitrogens with one attached hydrogen (secondary N) is 1. The standard InChI is InChI=1S/C13H17FN2O3/c1-3-4-8-5-11(8)15-12-7-9(19-2)6-10(14)13(12)16(17)18/h6-8,11,15H,3-5H2,1-2H3. The van der Waals surface area contributed by atoms with Gasteiger partial charge in [-0.15, -0.1) is 0 Å². The second-order valence-electron chi connectivity index (χ2n) is 4.80. The van der Waals surface area contributed by atoms with Gasteiger partial charge in [0.05, 0.1) is 12.0 Å². The predicted molar refractivity (Wildman–Crippen MR) is 70.0 cm³/mol. The van der Waals surface area contributed by atoms with E-state index in [0.717, 1.165) is 25.3 Å². The van der Waals surface area contributed by atoms with E-state index in [1.807, 2.05) is 0 Å². The Kier molecular flexibility index (Phi) is 3.87. The molecule has 0 aromatic heterocycles. The number of hydrogen-bond donors (Lipinski definition) is 1. The Morgan fingerprint density at radius 3 is 2.89 bits per heavy atom. The topological polar surface area (TPSA) is 64.4 Å². The monoisotopic (exact) mass is 268 g/mol. The highest BCUT2D eigenvalue weighted by atomic mass is 19.1. The summed E-state index contributed by atoms with van der Waals surface area (Å²) in [6, 6.07) is 2.70. The molecule has 19 heavy (non-hydrogen) atoms. The summed E-state index contributed by atoms with van der Waals surface area (Å²) in [5, 5.41) is 14.0. The summed E-state index contributed by atoms with van der Waals surface area (Å²) >= 11 is 0. The average Bonchev–Trinajstić information content (AvgIpc) is 3.06. The number of anilines is 1. The fraction of sp³-hybridized carbons (Fsp3) is 0.538.